The summed E-state index contributed by atoms with van der Waals surface area (Å²) in [5.74, 6) is -1.06. The van der Waals surface area contributed by atoms with Gasteiger partial charge in [-0.2, -0.15) is 0 Å². The van der Waals surface area contributed by atoms with Gasteiger partial charge < -0.3 is 15.0 Å². The number of nitrogens with one attached hydrogen (secondary N) is 1. The van der Waals surface area contributed by atoms with E-state index in [4.69, 9.17) is 4.74 Å². The van der Waals surface area contributed by atoms with Gasteiger partial charge in [0.1, 0.15) is 11.6 Å². The zero-order valence-corrected chi connectivity index (χ0v) is 15.3. The van der Waals surface area contributed by atoms with Crippen molar-refractivity contribution in [1.82, 2.24) is 0 Å². The van der Waals surface area contributed by atoms with Gasteiger partial charge in [-0.05, 0) is 42.7 Å². The molecule has 5 nitrogen and oxygen atoms in total. The molecule has 1 aliphatic rings. The smallest absolute Gasteiger partial charge is 0.229 e. The third kappa shape index (κ3) is 3.83. The maximum absolute atomic E-state index is 13.3. The summed E-state index contributed by atoms with van der Waals surface area (Å²) < 4.78 is 18.4. The minimum absolute atomic E-state index is 0.0897. The fraction of sp³-hybridized carbons (Fsp3) is 0.263. The third-order valence-corrected chi connectivity index (χ3v) is 5.04. The number of hydrogen-bond donors (Lipinski definition) is 1. The van der Waals surface area contributed by atoms with Gasteiger partial charge in [0.05, 0.1) is 18.7 Å². The van der Waals surface area contributed by atoms with E-state index in [-0.39, 0.29) is 24.0 Å². The van der Waals surface area contributed by atoms with E-state index in [1.807, 2.05) is 30.5 Å². The molecule has 3 rings (SSSR count). The molecule has 136 valence electrons. The molecule has 1 N–H and O–H groups in total. The van der Waals surface area contributed by atoms with E-state index in [0.29, 0.717) is 12.2 Å². The van der Waals surface area contributed by atoms with Crippen LogP contribution in [0.1, 0.15) is 6.42 Å². The van der Waals surface area contributed by atoms with E-state index in [1.54, 1.807) is 16.7 Å². The number of carbonyl (C=O) groups excluding carboxylic acids is 2. The van der Waals surface area contributed by atoms with Crippen LogP contribution < -0.4 is 15.0 Å². The largest absolute Gasteiger partial charge is 0.494 e. The molecule has 7 heteroatoms. The van der Waals surface area contributed by atoms with Crippen molar-refractivity contribution in [2.45, 2.75) is 11.3 Å². The first-order valence-corrected chi connectivity index (χ1v) is 9.33. The second kappa shape index (κ2) is 7.78. The van der Waals surface area contributed by atoms with Crippen LogP contribution in [0.2, 0.25) is 0 Å². The lowest BCUT2D eigenvalue weighted by molar-refractivity contribution is -0.122. The third-order valence-electron chi connectivity index (χ3n) is 4.30. The van der Waals surface area contributed by atoms with Crippen molar-refractivity contribution in [3.8, 4) is 5.75 Å². The van der Waals surface area contributed by atoms with E-state index in [1.165, 1.54) is 25.3 Å². The Morgan fingerprint density at radius 2 is 2.00 bits per heavy atom. The molecule has 0 bridgehead atoms. The van der Waals surface area contributed by atoms with Crippen LogP contribution in [0.5, 0.6) is 5.75 Å². The molecule has 1 unspecified atom stereocenters. The number of methoxy groups -OCH3 is 1. The highest BCUT2D eigenvalue weighted by Crippen LogP contribution is 2.30. The van der Waals surface area contributed by atoms with Crippen LogP contribution in [0.4, 0.5) is 15.8 Å². The van der Waals surface area contributed by atoms with E-state index in [0.717, 1.165) is 10.6 Å². The molecule has 1 aliphatic heterocycles. The maximum atomic E-state index is 13.3. The van der Waals surface area contributed by atoms with Crippen LogP contribution in [0.25, 0.3) is 0 Å². The van der Waals surface area contributed by atoms with Gasteiger partial charge in [0.15, 0.2) is 0 Å². The number of anilines is 2. The lowest BCUT2D eigenvalue weighted by Gasteiger charge is -2.17. The summed E-state index contributed by atoms with van der Waals surface area (Å²) in [6, 6.07) is 11.6. The molecule has 0 spiro atoms. The predicted molar refractivity (Wildman–Crippen MR) is 100 cm³/mol. The van der Waals surface area contributed by atoms with Crippen LogP contribution in [0.3, 0.4) is 0 Å². The van der Waals surface area contributed by atoms with Crippen molar-refractivity contribution >= 4 is 35.0 Å². The predicted octanol–water partition coefficient (Wildman–Crippen LogP) is 3.55. The van der Waals surface area contributed by atoms with Gasteiger partial charge in [-0.3, -0.25) is 9.59 Å². The maximum Gasteiger partial charge on any atom is 0.229 e. The zero-order chi connectivity index (χ0) is 18.7. The number of thioether (sulfide) groups is 1. The molecule has 0 aromatic heterocycles. The molecule has 26 heavy (non-hydrogen) atoms. The van der Waals surface area contributed by atoms with Gasteiger partial charge >= 0.3 is 0 Å². The second-order valence-corrected chi connectivity index (χ2v) is 6.82. The zero-order valence-electron chi connectivity index (χ0n) is 14.5. The monoisotopic (exact) mass is 374 g/mol. The Labute approximate surface area is 155 Å². The van der Waals surface area contributed by atoms with Crippen LogP contribution in [-0.2, 0) is 9.59 Å². The number of amides is 2. The van der Waals surface area contributed by atoms with Crippen LogP contribution in [0.15, 0.2) is 47.4 Å². The summed E-state index contributed by atoms with van der Waals surface area (Å²) in [5.41, 5.74) is 1.16. The number of rotatable bonds is 5. The van der Waals surface area contributed by atoms with Crippen molar-refractivity contribution in [3.63, 3.8) is 0 Å². The molecule has 1 fully saturated rings. The molecule has 1 heterocycles. The number of carbonyl (C=O) groups is 2. The molecule has 1 atom stereocenters. The summed E-state index contributed by atoms with van der Waals surface area (Å²) in [6.45, 7) is 0.312. The molecule has 1 saturated heterocycles. The highest BCUT2D eigenvalue weighted by atomic mass is 32.2. The molecule has 0 aliphatic carbocycles. The van der Waals surface area contributed by atoms with Crippen molar-refractivity contribution < 1.29 is 18.7 Å². The van der Waals surface area contributed by atoms with Gasteiger partial charge in [0, 0.05) is 29.6 Å². The van der Waals surface area contributed by atoms with Gasteiger partial charge in [0.25, 0.3) is 0 Å². The summed E-state index contributed by atoms with van der Waals surface area (Å²) >= 11 is 1.63. The van der Waals surface area contributed by atoms with Crippen LogP contribution in [0, 0.1) is 11.7 Å². The van der Waals surface area contributed by atoms with E-state index >= 15 is 0 Å². The first kappa shape index (κ1) is 18.3. The van der Waals surface area contributed by atoms with Gasteiger partial charge in [-0.25, -0.2) is 4.39 Å². The Hall–Kier alpha value is -2.54. The SMILES string of the molecule is COc1cc(F)ccc1NC(=O)C1CC(=O)N(c2ccc(SC)cc2)C1. The Kier molecular flexibility index (Phi) is 5.46. The topological polar surface area (TPSA) is 58.6 Å². The fourth-order valence-electron chi connectivity index (χ4n) is 2.90. The molecular formula is C19H19FN2O3S. The highest BCUT2D eigenvalue weighted by molar-refractivity contribution is 7.98. The number of hydrogen-bond acceptors (Lipinski definition) is 4. The van der Waals surface area contributed by atoms with Crippen LogP contribution >= 0.6 is 11.8 Å². The summed E-state index contributed by atoms with van der Waals surface area (Å²) in [7, 11) is 1.41. The molecule has 0 radical (unpaired) electrons. The average molecular weight is 374 g/mol. The Morgan fingerprint density at radius 1 is 1.27 bits per heavy atom. The Morgan fingerprint density at radius 3 is 2.65 bits per heavy atom. The van der Waals surface area contributed by atoms with E-state index in [9.17, 15) is 14.0 Å². The van der Waals surface area contributed by atoms with E-state index in [2.05, 4.69) is 5.32 Å². The molecule has 2 aromatic carbocycles. The number of benzene rings is 2. The van der Waals surface area contributed by atoms with Crippen molar-refractivity contribution in [1.29, 1.82) is 0 Å². The van der Waals surface area contributed by atoms with Crippen molar-refractivity contribution in [3.05, 3.63) is 48.3 Å². The van der Waals surface area contributed by atoms with Crippen molar-refractivity contribution in [2.24, 2.45) is 5.92 Å². The Bertz CT molecular complexity index is 826. The molecular weight excluding hydrogens is 355 g/mol. The van der Waals surface area contributed by atoms with Crippen molar-refractivity contribution in [2.75, 3.05) is 30.1 Å². The Balaban J connectivity index is 1.70. The molecule has 0 saturated carbocycles. The summed E-state index contributed by atoms with van der Waals surface area (Å²) in [6.07, 6.45) is 2.12. The normalized spacial score (nSPS) is 16.7. The lowest BCUT2D eigenvalue weighted by atomic mass is 10.1. The fourth-order valence-corrected chi connectivity index (χ4v) is 3.31. The number of nitrogens with zero attached hydrogens (tertiary/aromatic N) is 1. The summed E-state index contributed by atoms with van der Waals surface area (Å²) in [5, 5.41) is 2.73. The first-order valence-electron chi connectivity index (χ1n) is 8.10. The van der Waals surface area contributed by atoms with Crippen LogP contribution in [-0.4, -0.2) is 31.7 Å². The molecule has 2 amide bonds. The van der Waals surface area contributed by atoms with E-state index < -0.39 is 11.7 Å². The standard InChI is InChI=1S/C19H19FN2O3S/c1-25-17-10-13(20)3-8-16(17)21-19(24)12-9-18(23)22(11-12)14-4-6-15(26-2)7-5-14/h3-8,10,12H,9,11H2,1-2H3,(H,21,24). The van der Waals surface area contributed by atoms with Gasteiger partial charge in [-0.15, -0.1) is 11.8 Å². The highest BCUT2D eigenvalue weighted by Gasteiger charge is 2.35. The lowest BCUT2D eigenvalue weighted by Crippen LogP contribution is -2.28. The minimum Gasteiger partial charge on any atom is -0.494 e. The summed E-state index contributed by atoms with van der Waals surface area (Å²) in [4.78, 5) is 27.6. The minimum atomic E-state index is -0.475. The number of ether oxygens (including phenoxy) is 1. The number of halogens is 1. The molecule has 2 aromatic rings. The second-order valence-electron chi connectivity index (χ2n) is 5.94. The quantitative estimate of drug-likeness (QED) is 0.813. The van der Waals surface area contributed by atoms with Gasteiger partial charge in [-0.1, -0.05) is 0 Å². The first-order chi connectivity index (χ1) is 12.5. The van der Waals surface area contributed by atoms with Gasteiger partial charge in [0.2, 0.25) is 11.8 Å². The average Bonchev–Trinajstić information content (AvgIpc) is 3.05.